The number of carboxylic acids is 1. The highest BCUT2D eigenvalue weighted by atomic mass is 16.4. The second kappa shape index (κ2) is 6.96. The van der Waals surface area contributed by atoms with Crippen molar-refractivity contribution >= 4 is 5.97 Å². The second-order valence-electron chi connectivity index (χ2n) is 7.69. The number of benzene rings is 2. The van der Waals surface area contributed by atoms with E-state index < -0.39 is 16.9 Å². The lowest BCUT2D eigenvalue weighted by Gasteiger charge is -2.38. The normalized spacial score (nSPS) is 25.4. The molecule has 0 spiro atoms. The van der Waals surface area contributed by atoms with Gasteiger partial charge >= 0.3 is 5.97 Å². The van der Waals surface area contributed by atoms with Gasteiger partial charge in [0.2, 0.25) is 0 Å². The Hall–Kier alpha value is -2.60. The van der Waals surface area contributed by atoms with E-state index in [9.17, 15) is 9.90 Å². The van der Waals surface area contributed by atoms with Gasteiger partial charge in [0.05, 0.1) is 5.41 Å². The summed E-state index contributed by atoms with van der Waals surface area (Å²) in [4.78, 5) is 16.1. The van der Waals surface area contributed by atoms with Crippen molar-refractivity contribution in [1.82, 2.24) is 0 Å². The Bertz CT molecular complexity index is 840. The van der Waals surface area contributed by atoms with E-state index in [1.54, 1.807) is 0 Å². The van der Waals surface area contributed by atoms with Crippen molar-refractivity contribution in [1.29, 1.82) is 0 Å². The molecule has 1 aliphatic carbocycles. The Balaban J connectivity index is 1.87. The average molecular weight is 347 g/mol. The highest BCUT2D eigenvalue weighted by Crippen LogP contribution is 2.49. The van der Waals surface area contributed by atoms with E-state index in [2.05, 4.69) is 30.8 Å². The van der Waals surface area contributed by atoms with E-state index >= 15 is 0 Å². The Kier molecular flexibility index (Phi) is 4.87. The molecule has 0 heterocycles. The van der Waals surface area contributed by atoms with Crippen LogP contribution >= 0.6 is 0 Å². The highest BCUT2D eigenvalue weighted by Gasteiger charge is 2.51. The molecule has 134 valence electrons. The van der Waals surface area contributed by atoms with Crippen LogP contribution < -0.4 is 0 Å². The summed E-state index contributed by atoms with van der Waals surface area (Å²) in [6.07, 6.45) is 2.79. The van der Waals surface area contributed by atoms with E-state index in [-0.39, 0.29) is 0 Å². The number of rotatable bonds is 4. The highest BCUT2D eigenvalue weighted by molar-refractivity contribution is 5.75. The van der Waals surface area contributed by atoms with Crippen molar-refractivity contribution in [3.8, 4) is 0 Å². The number of aryl methyl sites for hydroxylation is 2. The van der Waals surface area contributed by atoms with Crippen molar-refractivity contribution in [3.05, 3.63) is 82.2 Å². The zero-order valence-corrected chi connectivity index (χ0v) is 15.5. The Morgan fingerprint density at radius 3 is 2.23 bits per heavy atom. The minimum atomic E-state index is -0.769. The van der Waals surface area contributed by atoms with Gasteiger partial charge in [-0.05, 0) is 55.9 Å². The first-order chi connectivity index (χ1) is 12.4. The topological polar surface area (TPSA) is 41.7 Å². The Labute approximate surface area is 155 Å². The number of hydrogen-bond acceptors (Lipinski definition) is 1. The van der Waals surface area contributed by atoms with E-state index in [4.69, 9.17) is 6.57 Å². The summed E-state index contributed by atoms with van der Waals surface area (Å²) >= 11 is 0. The molecule has 3 rings (SSSR count). The fourth-order valence-electron chi connectivity index (χ4n) is 4.09. The largest absolute Gasteiger partial charge is 0.481 e. The van der Waals surface area contributed by atoms with Gasteiger partial charge in [0.15, 0.2) is 0 Å². The molecule has 0 aliphatic heterocycles. The molecular formula is C23H25NO2. The minimum absolute atomic E-state index is 0.532. The molecule has 0 unspecified atom stereocenters. The maximum Gasteiger partial charge on any atom is 0.309 e. The number of nitrogens with zero attached hydrogens (tertiary/aromatic N) is 1. The van der Waals surface area contributed by atoms with E-state index in [0.717, 1.165) is 11.1 Å². The molecule has 1 N–H and O–H groups in total. The zero-order chi connectivity index (χ0) is 18.8. The minimum Gasteiger partial charge on any atom is -0.481 e. The smallest absolute Gasteiger partial charge is 0.309 e. The van der Waals surface area contributed by atoms with Gasteiger partial charge in [0, 0.05) is 18.4 Å². The van der Waals surface area contributed by atoms with Crippen molar-refractivity contribution < 1.29 is 9.90 Å². The lowest BCUT2D eigenvalue weighted by molar-refractivity contribution is -0.151. The predicted octanol–water partition coefficient (Wildman–Crippen LogP) is 5.31. The molecule has 0 bridgehead atoms. The van der Waals surface area contributed by atoms with Gasteiger partial charge in [-0.3, -0.25) is 4.79 Å². The van der Waals surface area contributed by atoms with Gasteiger partial charge in [-0.2, -0.15) is 0 Å². The molecule has 0 saturated heterocycles. The lowest BCUT2D eigenvalue weighted by Crippen LogP contribution is -2.41. The molecule has 0 aromatic heterocycles. The Morgan fingerprint density at radius 2 is 1.69 bits per heavy atom. The molecular weight excluding hydrogens is 322 g/mol. The summed E-state index contributed by atoms with van der Waals surface area (Å²) in [5.41, 5.74) is 3.13. The second-order valence-corrected chi connectivity index (χ2v) is 7.69. The van der Waals surface area contributed by atoms with Crippen LogP contribution in [0.3, 0.4) is 0 Å². The average Bonchev–Trinajstić information content (AvgIpc) is 2.65. The van der Waals surface area contributed by atoms with Crippen molar-refractivity contribution in [2.24, 2.45) is 5.41 Å². The molecule has 3 heteroatoms. The third-order valence-electron chi connectivity index (χ3n) is 6.13. The first-order valence-electron chi connectivity index (χ1n) is 9.14. The van der Waals surface area contributed by atoms with Crippen LogP contribution in [0.4, 0.5) is 0 Å². The summed E-state index contributed by atoms with van der Waals surface area (Å²) in [6, 6.07) is 16.1. The van der Waals surface area contributed by atoms with Crippen LogP contribution in [0.5, 0.6) is 0 Å². The first kappa shape index (κ1) is 18.2. The van der Waals surface area contributed by atoms with Gasteiger partial charge in [0.1, 0.15) is 0 Å². The Morgan fingerprint density at radius 1 is 1.04 bits per heavy atom. The zero-order valence-electron chi connectivity index (χ0n) is 15.5. The van der Waals surface area contributed by atoms with Crippen LogP contribution in [-0.2, 0) is 16.8 Å². The SMILES string of the molecule is [C-]#[N+]C1(c2ccc(C)c(C)c2)CCC(Cc2ccccc2)(C(=O)O)CC1. The van der Waals surface area contributed by atoms with Crippen molar-refractivity contribution in [2.75, 3.05) is 0 Å². The van der Waals surface area contributed by atoms with Crippen molar-refractivity contribution in [2.45, 2.75) is 51.5 Å². The van der Waals surface area contributed by atoms with Gasteiger partial charge in [-0.15, -0.1) is 0 Å². The number of aliphatic carboxylic acids is 1. The molecule has 1 aliphatic rings. The quantitative estimate of drug-likeness (QED) is 0.762. The summed E-state index contributed by atoms with van der Waals surface area (Å²) < 4.78 is 0. The van der Waals surface area contributed by atoms with Crippen LogP contribution in [0.25, 0.3) is 4.85 Å². The maximum absolute atomic E-state index is 12.1. The lowest BCUT2D eigenvalue weighted by atomic mass is 9.63. The van der Waals surface area contributed by atoms with E-state index in [0.29, 0.717) is 32.1 Å². The predicted molar refractivity (Wildman–Crippen MR) is 103 cm³/mol. The summed E-state index contributed by atoms with van der Waals surface area (Å²) in [5.74, 6) is -0.736. The molecule has 26 heavy (non-hydrogen) atoms. The van der Waals surface area contributed by atoms with Gasteiger partial charge < -0.3 is 9.95 Å². The molecule has 2 aromatic rings. The third-order valence-corrected chi connectivity index (χ3v) is 6.13. The van der Waals surface area contributed by atoms with Crippen LogP contribution in [0, 0.1) is 25.8 Å². The molecule has 3 nitrogen and oxygen atoms in total. The van der Waals surface area contributed by atoms with Crippen LogP contribution in [0.2, 0.25) is 0 Å². The van der Waals surface area contributed by atoms with Gasteiger partial charge in [-0.25, -0.2) is 6.57 Å². The molecule has 0 radical (unpaired) electrons. The fourth-order valence-corrected chi connectivity index (χ4v) is 4.09. The molecule has 1 fully saturated rings. The molecule has 1 saturated carbocycles. The summed E-state index contributed by atoms with van der Waals surface area (Å²) in [5, 5.41) is 9.97. The maximum atomic E-state index is 12.1. The standard InChI is InChI=1S/C23H25NO2/c1-17-9-10-20(15-18(17)2)23(24-3)13-11-22(12-14-23,21(25)26)16-19-7-5-4-6-8-19/h4-10,15H,11-14,16H2,1-2H3,(H,25,26). The van der Waals surface area contributed by atoms with Gasteiger partial charge in [-0.1, -0.05) is 42.5 Å². The molecule has 0 atom stereocenters. The van der Waals surface area contributed by atoms with Gasteiger partial charge in [0.25, 0.3) is 5.54 Å². The van der Waals surface area contributed by atoms with Crippen molar-refractivity contribution in [3.63, 3.8) is 0 Å². The number of carboxylic acid groups (broad SMARTS) is 1. The monoisotopic (exact) mass is 347 g/mol. The van der Waals surface area contributed by atoms with Crippen LogP contribution in [0.15, 0.2) is 48.5 Å². The number of hydrogen-bond donors (Lipinski definition) is 1. The third kappa shape index (κ3) is 3.24. The van der Waals surface area contributed by atoms with E-state index in [1.165, 1.54) is 11.1 Å². The fraction of sp³-hybridized carbons (Fsp3) is 0.391. The van der Waals surface area contributed by atoms with Crippen LogP contribution in [-0.4, -0.2) is 11.1 Å². The van der Waals surface area contributed by atoms with E-state index in [1.807, 2.05) is 36.4 Å². The summed E-state index contributed by atoms with van der Waals surface area (Å²) in [7, 11) is 0. The summed E-state index contributed by atoms with van der Waals surface area (Å²) in [6.45, 7) is 12.0. The van der Waals surface area contributed by atoms with Crippen LogP contribution in [0.1, 0.15) is 47.9 Å². The molecule has 2 aromatic carbocycles. The number of carbonyl (C=O) groups is 1. The molecule has 0 amide bonds. The first-order valence-corrected chi connectivity index (χ1v) is 9.14.